The van der Waals surface area contributed by atoms with Crippen molar-refractivity contribution in [1.29, 1.82) is 0 Å². The molecule has 0 radical (unpaired) electrons. The van der Waals surface area contributed by atoms with Crippen molar-refractivity contribution < 1.29 is 19.1 Å². The number of nitrogens with zero attached hydrogens (tertiary/aromatic N) is 1. The maximum atomic E-state index is 13.8. The first kappa shape index (κ1) is 16.0. The highest BCUT2D eigenvalue weighted by Crippen LogP contribution is 2.44. The van der Waals surface area contributed by atoms with Crippen LogP contribution in [0.2, 0.25) is 0 Å². The molecule has 2 aliphatic rings. The Hall–Kier alpha value is -1.91. The summed E-state index contributed by atoms with van der Waals surface area (Å²) < 4.78 is 13.8. The summed E-state index contributed by atoms with van der Waals surface area (Å²) in [6.45, 7) is 2.66. The minimum atomic E-state index is -0.806. The van der Waals surface area contributed by atoms with Gasteiger partial charge < -0.3 is 10.0 Å². The third-order valence-corrected chi connectivity index (χ3v) is 5.18. The van der Waals surface area contributed by atoms with Crippen LogP contribution in [0.3, 0.4) is 0 Å². The van der Waals surface area contributed by atoms with E-state index in [1.165, 1.54) is 6.07 Å². The van der Waals surface area contributed by atoms with Crippen LogP contribution >= 0.6 is 0 Å². The third-order valence-electron chi connectivity index (χ3n) is 5.18. The second kappa shape index (κ2) is 6.30. The lowest BCUT2D eigenvalue weighted by molar-refractivity contribution is -0.142. The second-order valence-electron chi connectivity index (χ2n) is 6.87. The standard InChI is InChI=1S/C18H22FNO3/c1-11(13-4-2-3-5-16(13)19)8-17(21)20-9-14(12-6-7-12)15(10-20)18(22)23/h2-5,11-12,14-15H,6-10H2,1H3,(H,22,23)/t11?,14-,15+/m1/s1. The molecule has 2 fully saturated rings. The molecule has 3 atom stereocenters. The molecule has 0 bridgehead atoms. The number of carboxylic acids is 1. The van der Waals surface area contributed by atoms with Crippen LogP contribution in [0.25, 0.3) is 0 Å². The predicted octanol–water partition coefficient (Wildman–Crippen LogP) is 2.89. The predicted molar refractivity (Wildman–Crippen MR) is 83.4 cm³/mol. The fraction of sp³-hybridized carbons (Fsp3) is 0.556. The van der Waals surface area contributed by atoms with E-state index in [9.17, 15) is 19.1 Å². The Morgan fingerprint density at radius 1 is 1.30 bits per heavy atom. The monoisotopic (exact) mass is 319 g/mol. The van der Waals surface area contributed by atoms with E-state index in [1.807, 2.05) is 6.92 Å². The highest BCUT2D eigenvalue weighted by Gasteiger charge is 2.46. The molecular formula is C18H22FNO3. The molecule has 1 saturated carbocycles. The highest BCUT2D eigenvalue weighted by atomic mass is 19.1. The van der Waals surface area contributed by atoms with E-state index in [-0.39, 0.29) is 30.0 Å². The molecule has 5 heteroatoms. The molecule has 1 N–H and O–H groups in total. The molecule has 1 aliphatic carbocycles. The van der Waals surface area contributed by atoms with Crippen molar-refractivity contribution in [3.63, 3.8) is 0 Å². The van der Waals surface area contributed by atoms with Crippen LogP contribution in [0.5, 0.6) is 0 Å². The van der Waals surface area contributed by atoms with Crippen molar-refractivity contribution in [3.8, 4) is 0 Å². The molecule has 1 heterocycles. The Labute approximate surface area is 135 Å². The van der Waals surface area contributed by atoms with Crippen LogP contribution in [0.4, 0.5) is 4.39 Å². The minimum Gasteiger partial charge on any atom is -0.481 e. The summed E-state index contributed by atoms with van der Waals surface area (Å²) in [7, 11) is 0. The van der Waals surface area contributed by atoms with Crippen molar-refractivity contribution >= 4 is 11.9 Å². The number of amides is 1. The van der Waals surface area contributed by atoms with Crippen LogP contribution in [-0.2, 0) is 9.59 Å². The fourth-order valence-corrected chi connectivity index (χ4v) is 3.67. The van der Waals surface area contributed by atoms with Gasteiger partial charge in [0, 0.05) is 19.5 Å². The van der Waals surface area contributed by atoms with Gasteiger partial charge in [-0.3, -0.25) is 9.59 Å². The van der Waals surface area contributed by atoms with Crippen molar-refractivity contribution in [2.45, 2.75) is 32.1 Å². The van der Waals surface area contributed by atoms with Gasteiger partial charge in [-0.15, -0.1) is 0 Å². The summed E-state index contributed by atoms with van der Waals surface area (Å²) >= 11 is 0. The van der Waals surface area contributed by atoms with Gasteiger partial charge >= 0.3 is 5.97 Å². The molecule has 124 valence electrons. The zero-order chi connectivity index (χ0) is 16.6. The Balaban J connectivity index is 1.64. The van der Waals surface area contributed by atoms with E-state index < -0.39 is 11.9 Å². The van der Waals surface area contributed by atoms with Gasteiger partial charge in [0.25, 0.3) is 0 Å². The summed E-state index contributed by atoms with van der Waals surface area (Å²) in [4.78, 5) is 25.6. The van der Waals surface area contributed by atoms with Crippen LogP contribution in [0.15, 0.2) is 24.3 Å². The smallest absolute Gasteiger partial charge is 0.308 e. The molecule has 1 aromatic carbocycles. The molecule has 4 nitrogen and oxygen atoms in total. The van der Waals surface area contributed by atoms with Crippen molar-refractivity contribution in [2.24, 2.45) is 17.8 Å². The number of aliphatic carboxylic acids is 1. The largest absolute Gasteiger partial charge is 0.481 e. The number of rotatable bonds is 5. The average molecular weight is 319 g/mol. The first-order valence-electron chi connectivity index (χ1n) is 8.22. The summed E-state index contributed by atoms with van der Waals surface area (Å²) in [6.07, 6.45) is 2.36. The van der Waals surface area contributed by atoms with E-state index in [1.54, 1.807) is 23.1 Å². The molecule has 1 unspecified atom stereocenters. The van der Waals surface area contributed by atoms with E-state index >= 15 is 0 Å². The molecule has 23 heavy (non-hydrogen) atoms. The van der Waals surface area contributed by atoms with Gasteiger partial charge in [0.2, 0.25) is 5.91 Å². The molecule has 1 aliphatic heterocycles. The number of benzene rings is 1. The van der Waals surface area contributed by atoms with E-state index in [2.05, 4.69) is 0 Å². The maximum absolute atomic E-state index is 13.8. The van der Waals surface area contributed by atoms with Gasteiger partial charge in [-0.05, 0) is 42.2 Å². The van der Waals surface area contributed by atoms with Crippen molar-refractivity contribution in [1.82, 2.24) is 4.90 Å². The zero-order valence-electron chi connectivity index (χ0n) is 13.2. The molecule has 1 amide bonds. The summed E-state index contributed by atoms with van der Waals surface area (Å²) in [6, 6.07) is 6.49. The number of hydrogen-bond acceptors (Lipinski definition) is 2. The number of carbonyl (C=O) groups is 2. The molecule has 1 aromatic rings. The van der Waals surface area contributed by atoms with Gasteiger partial charge in [0.15, 0.2) is 0 Å². The Morgan fingerprint density at radius 2 is 2.00 bits per heavy atom. The number of carboxylic acid groups (broad SMARTS) is 1. The van der Waals surface area contributed by atoms with Gasteiger partial charge in [-0.25, -0.2) is 4.39 Å². The lowest BCUT2D eigenvalue weighted by Gasteiger charge is -2.19. The van der Waals surface area contributed by atoms with Gasteiger partial charge in [0.1, 0.15) is 5.82 Å². The molecule has 0 spiro atoms. The minimum absolute atomic E-state index is 0.0739. The number of carbonyl (C=O) groups excluding carboxylic acids is 1. The van der Waals surface area contributed by atoms with E-state index in [0.29, 0.717) is 24.6 Å². The van der Waals surface area contributed by atoms with Gasteiger partial charge in [0.05, 0.1) is 5.92 Å². The Morgan fingerprint density at radius 3 is 2.61 bits per heavy atom. The maximum Gasteiger partial charge on any atom is 0.308 e. The average Bonchev–Trinajstić information content (AvgIpc) is 3.25. The zero-order valence-corrected chi connectivity index (χ0v) is 13.2. The number of halogens is 1. The normalized spacial score (nSPS) is 25.4. The Bertz CT molecular complexity index is 614. The Kier molecular flexibility index (Phi) is 4.37. The van der Waals surface area contributed by atoms with E-state index in [4.69, 9.17) is 0 Å². The first-order valence-corrected chi connectivity index (χ1v) is 8.22. The topological polar surface area (TPSA) is 57.6 Å². The number of likely N-dealkylation sites (tertiary alicyclic amines) is 1. The molecular weight excluding hydrogens is 297 g/mol. The van der Waals surface area contributed by atoms with Gasteiger partial charge in [-0.2, -0.15) is 0 Å². The van der Waals surface area contributed by atoms with Crippen molar-refractivity contribution in [3.05, 3.63) is 35.6 Å². The quantitative estimate of drug-likeness (QED) is 0.908. The first-order chi connectivity index (χ1) is 11.0. The van der Waals surface area contributed by atoms with Crippen LogP contribution in [-0.4, -0.2) is 35.0 Å². The highest BCUT2D eigenvalue weighted by molar-refractivity contribution is 5.79. The lowest BCUT2D eigenvalue weighted by Crippen LogP contribution is -2.30. The summed E-state index contributed by atoms with van der Waals surface area (Å²) in [5, 5.41) is 9.37. The van der Waals surface area contributed by atoms with Crippen molar-refractivity contribution in [2.75, 3.05) is 13.1 Å². The lowest BCUT2D eigenvalue weighted by atomic mass is 9.92. The SMILES string of the molecule is CC(CC(=O)N1C[C@H](C(=O)O)[C@@H](C2CC2)C1)c1ccccc1F. The fourth-order valence-electron chi connectivity index (χ4n) is 3.67. The molecule has 0 aromatic heterocycles. The third kappa shape index (κ3) is 3.38. The van der Waals surface area contributed by atoms with E-state index in [0.717, 1.165) is 12.8 Å². The molecule has 1 saturated heterocycles. The second-order valence-corrected chi connectivity index (χ2v) is 6.87. The van der Waals surface area contributed by atoms with Crippen LogP contribution in [0, 0.1) is 23.6 Å². The molecule has 3 rings (SSSR count). The van der Waals surface area contributed by atoms with Crippen LogP contribution < -0.4 is 0 Å². The summed E-state index contributed by atoms with van der Waals surface area (Å²) in [5.41, 5.74) is 0.536. The van der Waals surface area contributed by atoms with Crippen LogP contribution in [0.1, 0.15) is 37.7 Å². The number of hydrogen-bond donors (Lipinski definition) is 1. The van der Waals surface area contributed by atoms with Gasteiger partial charge in [-0.1, -0.05) is 25.1 Å². The summed E-state index contributed by atoms with van der Waals surface area (Å²) in [5.74, 6) is -1.30.